The molecule has 0 spiro atoms. The van der Waals surface area contributed by atoms with Gasteiger partial charge in [-0.25, -0.2) is 4.98 Å². The third kappa shape index (κ3) is 4.03. The maximum Gasteiger partial charge on any atom is 0.226 e. The summed E-state index contributed by atoms with van der Waals surface area (Å²) in [5.41, 5.74) is 1.90. The zero-order chi connectivity index (χ0) is 15.4. The number of rotatable bonds is 5. The van der Waals surface area contributed by atoms with Gasteiger partial charge >= 0.3 is 0 Å². The van der Waals surface area contributed by atoms with E-state index < -0.39 is 0 Å². The van der Waals surface area contributed by atoms with Crippen LogP contribution in [-0.4, -0.2) is 10.9 Å². The fraction of sp³-hybridized carbons (Fsp3) is 0.125. The van der Waals surface area contributed by atoms with Crippen molar-refractivity contribution in [2.24, 2.45) is 0 Å². The van der Waals surface area contributed by atoms with E-state index >= 15 is 0 Å². The van der Waals surface area contributed by atoms with Gasteiger partial charge in [0.15, 0.2) is 0 Å². The number of hydrogen-bond acceptors (Lipinski definition) is 4. The van der Waals surface area contributed by atoms with Crippen molar-refractivity contribution in [3.05, 3.63) is 62.2 Å². The normalized spacial score (nSPS) is 10.6. The Balaban J connectivity index is 1.57. The third-order valence-corrected chi connectivity index (χ3v) is 5.63. The summed E-state index contributed by atoms with van der Waals surface area (Å²) in [5.74, 6) is -0.00515. The fourth-order valence-electron chi connectivity index (χ4n) is 1.96. The number of hydrogen-bond donors (Lipinski definition) is 1. The number of nitrogens with one attached hydrogen (secondary N) is 1. The molecule has 0 saturated heterocycles. The first-order valence-electron chi connectivity index (χ1n) is 6.70. The van der Waals surface area contributed by atoms with Crippen LogP contribution in [0, 0.1) is 0 Å². The lowest BCUT2D eigenvalue weighted by molar-refractivity contribution is -0.120. The van der Waals surface area contributed by atoms with Crippen LogP contribution in [0.3, 0.4) is 0 Å². The van der Waals surface area contributed by atoms with Crippen LogP contribution in [0.1, 0.15) is 10.6 Å². The molecule has 0 fully saturated rings. The molecular formula is C16H13BrN2OS2. The van der Waals surface area contributed by atoms with E-state index in [2.05, 4.69) is 26.2 Å². The molecule has 0 bridgehead atoms. The quantitative estimate of drug-likeness (QED) is 0.694. The van der Waals surface area contributed by atoms with Crippen molar-refractivity contribution in [3.63, 3.8) is 0 Å². The molecule has 3 nitrogen and oxygen atoms in total. The van der Waals surface area contributed by atoms with Crippen molar-refractivity contribution in [3.8, 4) is 10.6 Å². The predicted octanol–water partition coefficient (Wildman–Crippen LogP) is 4.49. The van der Waals surface area contributed by atoms with Crippen molar-refractivity contribution in [2.45, 2.75) is 13.0 Å². The number of carbonyl (C=O) groups excluding carboxylic acids is 1. The number of aromatic nitrogens is 1. The highest BCUT2D eigenvalue weighted by molar-refractivity contribution is 9.10. The van der Waals surface area contributed by atoms with Crippen LogP contribution >= 0.6 is 38.6 Å². The molecule has 1 N–H and O–H groups in total. The lowest BCUT2D eigenvalue weighted by atomic mass is 10.2. The maximum absolute atomic E-state index is 12.0. The monoisotopic (exact) mass is 392 g/mol. The van der Waals surface area contributed by atoms with E-state index in [4.69, 9.17) is 0 Å². The Morgan fingerprint density at radius 3 is 2.73 bits per heavy atom. The average molecular weight is 393 g/mol. The second-order valence-corrected chi connectivity index (χ2v) is 7.46. The molecule has 3 aromatic rings. The largest absolute Gasteiger partial charge is 0.351 e. The summed E-state index contributed by atoms with van der Waals surface area (Å²) in [6, 6.07) is 12.0. The van der Waals surface area contributed by atoms with E-state index in [1.807, 2.05) is 47.2 Å². The standard InChI is InChI=1S/C16H13BrN2OS2/c17-12-6-14(21-9-12)8-18-15(20)7-13-10-22-16(19-13)11-4-2-1-3-5-11/h1-6,9-10H,7-8H2,(H,18,20). The Morgan fingerprint density at radius 2 is 2.00 bits per heavy atom. The molecule has 0 saturated carbocycles. The number of thiazole rings is 1. The van der Waals surface area contributed by atoms with Gasteiger partial charge in [-0.3, -0.25) is 4.79 Å². The van der Waals surface area contributed by atoms with Crippen molar-refractivity contribution < 1.29 is 4.79 Å². The fourth-order valence-corrected chi connectivity index (χ4v) is 4.18. The van der Waals surface area contributed by atoms with Gasteiger partial charge in [0.2, 0.25) is 5.91 Å². The molecule has 1 aromatic carbocycles. The van der Waals surface area contributed by atoms with E-state index in [9.17, 15) is 4.79 Å². The van der Waals surface area contributed by atoms with Gasteiger partial charge in [-0.1, -0.05) is 30.3 Å². The first kappa shape index (κ1) is 15.4. The van der Waals surface area contributed by atoms with Crippen molar-refractivity contribution in [2.75, 3.05) is 0 Å². The van der Waals surface area contributed by atoms with Crippen LogP contribution in [0.5, 0.6) is 0 Å². The van der Waals surface area contributed by atoms with Gasteiger partial charge in [-0.15, -0.1) is 22.7 Å². The van der Waals surface area contributed by atoms with Crippen molar-refractivity contribution in [1.82, 2.24) is 10.3 Å². The molecule has 22 heavy (non-hydrogen) atoms. The van der Waals surface area contributed by atoms with Crippen LogP contribution in [0.25, 0.3) is 10.6 Å². The molecule has 3 rings (SSSR count). The van der Waals surface area contributed by atoms with Gasteiger partial charge in [-0.05, 0) is 22.0 Å². The summed E-state index contributed by atoms with van der Waals surface area (Å²) >= 11 is 6.60. The molecule has 0 radical (unpaired) electrons. The van der Waals surface area contributed by atoms with Crippen LogP contribution in [-0.2, 0) is 17.8 Å². The molecule has 0 aliphatic rings. The topological polar surface area (TPSA) is 42.0 Å². The van der Waals surface area contributed by atoms with E-state index in [1.165, 1.54) is 0 Å². The highest BCUT2D eigenvalue weighted by Gasteiger charge is 2.09. The highest BCUT2D eigenvalue weighted by Crippen LogP contribution is 2.23. The Hall–Kier alpha value is -1.50. The number of carbonyl (C=O) groups is 1. The van der Waals surface area contributed by atoms with Gasteiger partial charge < -0.3 is 5.32 Å². The molecule has 0 atom stereocenters. The molecular weight excluding hydrogens is 380 g/mol. The minimum Gasteiger partial charge on any atom is -0.351 e. The summed E-state index contributed by atoms with van der Waals surface area (Å²) in [5, 5.41) is 7.83. The second-order valence-electron chi connectivity index (χ2n) is 4.69. The lowest BCUT2D eigenvalue weighted by Crippen LogP contribution is -2.24. The molecule has 0 aliphatic carbocycles. The molecule has 2 aromatic heterocycles. The summed E-state index contributed by atoms with van der Waals surface area (Å²) < 4.78 is 1.05. The molecule has 0 unspecified atom stereocenters. The van der Waals surface area contributed by atoms with Crippen molar-refractivity contribution in [1.29, 1.82) is 0 Å². The van der Waals surface area contributed by atoms with Crippen LogP contribution in [0.2, 0.25) is 0 Å². The summed E-state index contributed by atoms with van der Waals surface area (Å²) in [6.07, 6.45) is 0.315. The zero-order valence-electron chi connectivity index (χ0n) is 11.6. The van der Waals surface area contributed by atoms with Gasteiger partial charge in [0.1, 0.15) is 5.01 Å². The smallest absolute Gasteiger partial charge is 0.226 e. The zero-order valence-corrected chi connectivity index (χ0v) is 14.8. The molecule has 1 amide bonds. The number of benzene rings is 1. The van der Waals surface area contributed by atoms with E-state index in [-0.39, 0.29) is 5.91 Å². The van der Waals surface area contributed by atoms with Crippen LogP contribution in [0.15, 0.2) is 51.6 Å². The third-order valence-electron chi connectivity index (χ3n) is 3.00. The molecule has 0 aliphatic heterocycles. The van der Waals surface area contributed by atoms with E-state index in [0.717, 1.165) is 25.6 Å². The summed E-state index contributed by atoms with van der Waals surface area (Å²) in [6.45, 7) is 0.560. The Kier molecular flexibility index (Phi) is 5.02. The van der Waals surface area contributed by atoms with Crippen LogP contribution < -0.4 is 5.32 Å². The number of thiophene rings is 1. The average Bonchev–Trinajstić information content (AvgIpc) is 3.15. The summed E-state index contributed by atoms with van der Waals surface area (Å²) in [7, 11) is 0. The minimum absolute atomic E-state index is 0.00515. The lowest BCUT2D eigenvalue weighted by Gasteiger charge is -2.01. The first-order chi connectivity index (χ1) is 10.7. The minimum atomic E-state index is -0.00515. The number of amides is 1. The van der Waals surface area contributed by atoms with Gasteiger partial charge in [0, 0.05) is 25.7 Å². The first-order valence-corrected chi connectivity index (χ1v) is 9.25. The highest BCUT2D eigenvalue weighted by atomic mass is 79.9. The Bertz CT molecular complexity index is 767. The van der Waals surface area contributed by atoms with Crippen LogP contribution in [0.4, 0.5) is 0 Å². The van der Waals surface area contributed by atoms with Gasteiger partial charge in [0.05, 0.1) is 18.7 Å². The molecule has 6 heteroatoms. The summed E-state index contributed by atoms with van der Waals surface area (Å²) in [4.78, 5) is 17.6. The Labute approximate surface area is 145 Å². The number of nitrogens with zero attached hydrogens (tertiary/aromatic N) is 1. The predicted molar refractivity (Wildman–Crippen MR) is 95.1 cm³/mol. The van der Waals surface area contributed by atoms with Crippen molar-refractivity contribution >= 4 is 44.5 Å². The maximum atomic E-state index is 12.0. The molecule has 112 valence electrons. The van der Waals surface area contributed by atoms with E-state index in [0.29, 0.717) is 13.0 Å². The second kappa shape index (κ2) is 7.17. The Morgan fingerprint density at radius 1 is 1.18 bits per heavy atom. The SMILES string of the molecule is O=C(Cc1csc(-c2ccccc2)n1)NCc1cc(Br)cs1. The van der Waals surface area contributed by atoms with Gasteiger partial charge in [0.25, 0.3) is 0 Å². The van der Waals surface area contributed by atoms with Gasteiger partial charge in [-0.2, -0.15) is 0 Å². The number of halogens is 1. The molecule has 2 heterocycles. The van der Waals surface area contributed by atoms with E-state index in [1.54, 1.807) is 22.7 Å².